The second kappa shape index (κ2) is 6.63. The molecule has 27 heavy (non-hydrogen) atoms. The molecule has 0 fully saturated rings. The lowest BCUT2D eigenvalue weighted by Crippen LogP contribution is -2.13. The van der Waals surface area contributed by atoms with Crippen LogP contribution in [0.4, 0.5) is 5.69 Å². The van der Waals surface area contributed by atoms with Crippen LogP contribution in [0.3, 0.4) is 0 Å². The molecular formula is C18H15ClN4O2S2. The number of nitrogens with zero attached hydrogens (tertiary/aromatic N) is 3. The van der Waals surface area contributed by atoms with Gasteiger partial charge in [0.05, 0.1) is 10.2 Å². The highest BCUT2D eigenvalue weighted by Gasteiger charge is 2.18. The van der Waals surface area contributed by atoms with Crippen LogP contribution in [0.15, 0.2) is 53.7 Å². The Morgan fingerprint density at radius 2 is 1.85 bits per heavy atom. The first-order chi connectivity index (χ1) is 12.8. The number of fused-ring (bicyclic) bond motifs is 1. The van der Waals surface area contributed by atoms with Gasteiger partial charge in [0.15, 0.2) is 5.03 Å². The quantitative estimate of drug-likeness (QED) is 0.530. The van der Waals surface area contributed by atoms with Crippen molar-refractivity contribution in [3.63, 3.8) is 0 Å². The van der Waals surface area contributed by atoms with Crippen molar-refractivity contribution in [2.24, 2.45) is 7.05 Å². The smallest absolute Gasteiger partial charge is 0.280 e. The third-order valence-corrected chi connectivity index (χ3v) is 6.65. The molecule has 2 aromatic heterocycles. The van der Waals surface area contributed by atoms with Crippen LogP contribution in [0.25, 0.3) is 20.8 Å². The van der Waals surface area contributed by atoms with Gasteiger partial charge in [-0.3, -0.25) is 4.72 Å². The molecule has 0 spiro atoms. The molecule has 1 N–H and O–H groups in total. The van der Waals surface area contributed by atoms with Crippen molar-refractivity contribution < 1.29 is 8.42 Å². The Balaban J connectivity index is 1.59. The van der Waals surface area contributed by atoms with Crippen molar-refractivity contribution in [2.45, 2.75) is 11.9 Å². The van der Waals surface area contributed by atoms with Gasteiger partial charge in [0.25, 0.3) is 10.0 Å². The molecule has 2 heterocycles. The number of aromatic nitrogens is 3. The van der Waals surface area contributed by atoms with Crippen molar-refractivity contribution in [3.8, 4) is 10.6 Å². The molecule has 4 aromatic rings. The molecule has 0 saturated carbocycles. The van der Waals surface area contributed by atoms with Crippen molar-refractivity contribution in [2.75, 3.05) is 4.72 Å². The molecule has 138 valence electrons. The SMILES string of the molecule is Cc1nc(S(=O)(=O)Nc2ccc(-c3nc4ccc(Cl)cc4s3)cc2)cn1C. The molecule has 0 atom stereocenters. The van der Waals surface area contributed by atoms with Crippen molar-refractivity contribution in [1.82, 2.24) is 14.5 Å². The van der Waals surface area contributed by atoms with Gasteiger partial charge >= 0.3 is 0 Å². The Kier molecular flexibility index (Phi) is 4.41. The molecule has 0 bridgehead atoms. The standard InChI is InChI=1S/C18H15ClN4O2S2/c1-11-20-17(10-23(11)2)27(24,25)22-14-6-3-12(4-7-14)18-21-15-8-5-13(19)9-16(15)26-18/h3-10,22H,1-2H3. The minimum atomic E-state index is -3.73. The van der Waals surface area contributed by atoms with E-state index < -0.39 is 10.0 Å². The van der Waals surface area contributed by atoms with Gasteiger partial charge in [0.1, 0.15) is 10.8 Å². The number of sulfonamides is 1. The van der Waals surface area contributed by atoms with Gasteiger partial charge in [0, 0.05) is 29.5 Å². The topological polar surface area (TPSA) is 76.9 Å². The predicted molar refractivity (Wildman–Crippen MR) is 109 cm³/mol. The van der Waals surface area contributed by atoms with E-state index in [9.17, 15) is 8.42 Å². The summed E-state index contributed by atoms with van der Waals surface area (Å²) in [4.78, 5) is 8.66. The van der Waals surface area contributed by atoms with Crippen LogP contribution in [-0.2, 0) is 17.1 Å². The molecular weight excluding hydrogens is 404 g/mol. The average molecular weight is 419 g/mol. The number of thiazole rings is 1. The first-order valence-corrected chi connectivity index (χ1v) is 10.7. The zero-order valence-corrected chi connectivity index (χ0v) is 16.9. The lowest BCUT2D eigenvalue weighted by Gasteiger charge is -2.06. The summed E-state index contributed by atoms with van der Waals surface area (Å²) >= 11 is 7.56. The van der Waals surface area contributed by atoms with Gasteiger partial charge in [-0.15, -0.1) is 11.3 Å². The van der Waals surface area contributed by atoms with Gasteiger partial charge in [-0.1, -0.05) is 11.6 Å². The van der Waals surface area contributed by atoms with Crippen LogP contribution in [0.5, 0.6) is 0 Å². The molecule has 0 aliphatic carbocycles. The highest BCUT2D eigenvalue weighted by atomic mass is 35.5. The molecule has 6 nitrogen and oxygen atoms in total. The Morgan fingerprint density at radius 1 is 1.11 bits per heavy atom. The van der Waals surface area contributed by atoms with E-state index in [1.165, 1.54) is 17.5 Å². The van der Waals surface area contributed by atoms with Crippen LogP contribution in [0.1, 0.15) is 5.82 Å². The summed E-state index contributed by atoms with van der Waals surface area (Å²) in [7, 11) is -1.98. The summed E-state index contributed by atoms with van der Waals surface area (Å²) in [6.07, 6.45) is 1.48. The number of hydrogen-bond acceptors (Lipinski definition) is 5. The Labute approximate surface area is 165 Å². The maximum atomic E-state index is 12.5. The summed E-state index contributed by atoms with van der Waals surface area (Å²) in [5.74, 6) is 0.627. The van der Waals surface area contributed by atoms with E-state index in [4.69, 9.17) is 11.6 Å². The predicted octanol–water partition coefficient (Wildman–Crippen LogP) is 4.46. The van der Waals surface area contributed by atoms with E-state index >= 15 is 0 Å². The van der Waals surface area contributed by atoms with Gasteiger partial charge in [-0.05, 0) is 49.4 Å². The number of hydrogen-bond donors (Lipinski definition) is 1. The maximum Gasteiger partial charge on any atom is 0.280 e. The summed E-state index contributed by atoms with van der Waals surface area (Å²) in [5.41, 5.74) is 2.25. The van der Waals surface area contributed by atoms with Crippen LogP contribution in [0, 0.1) is 6.92 Å². The van der Waals surface area contributed by atoms with E-state index in [1.54, 1.807) is 30.7 Å². The summed E-state index contributed by atoms with van der Waals surface area (Å²) < 4.78 is 30.1. The third-order valence-electron chi connectivity index (χ3n) is 4.10. The van der Waals surface area contributed by atoms with Crippen molar-refractivity contribution in [1.29, 1.82) is 0 Å². The molecule has 4 rings (SSSR count). The number of imidazole rings is 1. The lowest BCUT2D eigenvalue weighted by molar-refractivity contribution is 0.598. The van der Waals surface area contributed by atoms with Crippen LogP contribution >= 0.6 is 22.9 Å². The Hall–Kier alpha value is -2.42. The van der Waals surface area contributed by atoms with Gasteiger partial charge in [-0.2, -0.15) is 8.42 Å². The minimum Gasteiger partial charge on any atom is -0.337 e. The molecule has 0 saturated heterocycles. The fourth-order valence-electron chi connectivity index (χ4n) is 2.57. The van der Waals surface area contributed by atoms with E-state index in [1.807, 2.05) is 30.3 Å². The second-order valence-electron chi connectivity index (χ2n) is 6.05. The first-order valence-electron chi connectivity index (χ1n) is 8.01. The molecule has 0 aliphatic heterocycles. The van der Waals surface area contributed by atoms with Crippen LogP contribution in [-0.4, -0.2) is 23.0 Å². The van der Waals surface area contributed by atoms with Crippen LogP contribution in [0.2, 0.25) is 5.02 Å². The lowest BCUT2D eigenvalue weighted by atomic mass is 10.2. The van der Waals surface area contributed by atoms with Crippen molar-refractivity contribution >= 4 is 48.9 Å². The zero-order chi connectivity index (χ0) is 19.2. The van der Waals surface area contributed by atoms with E-state index in [-0.39, 0.29) is 5.03 Å². The number of rotatable bonds is 4. The fraction of sp³-hybridized carbons (Fsp3) is 0.111. The Bertz CT molecular complexity index is 1220. The second-order valence-corrected chi connectivity index (χ2v) is 9.15. The first kappa shape index (κ1) is 18.0. The fourth-order valence-corrected chi connectivity index (χ4v) is 4.91. The normalized spacial score (nSPS) is 11.8. The minimum absolute atomic E-state index is 0.00497. The van der Waals surface area contributed by atoms with Gasteiger partial charge in [-0.25, -0.2) is 9.97 Å². The molecule has 0 amide bonds. The maximum absolute atomic E-state index is 12.5. The largest absolute Gasteiger partial charge is 0.337 e. The molecule has 2 aromatic carbocycles. The number of nitrogens with one attached hydrogen (secondary N) is 1. The zero-order valence-electron chi connectivity index (χ0n) is 14.5. The Morgan fingerprint density at radius 3 is 2.52 bits per heavy atom. The average Bonchev–Trinajstić information content (AvgIpc) is 3.19. The van der Waals surface area contributed by atoms with E-state index in [0.29, 0.717) is 16.5 Å². The van der Waals surface area contributed by atoms with Gasteiger partial charge < -0.3 is 4.57 Å². The summed E-state index contributed by atoms with van der Waals surface area (Å²) in [6, 6.07) is 12.7. The third kappa shape index (κ3) is 3.55. The molecule has 0 unspecified atom stereocenters. The molecule has 9 heteroatoms. The number of aryl methyl sites for hydroxylation is 2. The monoisotopic (exact) mass is 418 g/mol. The number of anilines is 1. The number of halogens is 1. The summed E-state index contributed by atoms with van der Waals surface area (Å²) in [6.45, 7) is 1.75. The summed E-state index contributed by atoms with van der Waals surface area (Å²) in [5, 5.41) is 1.52. The van der Waals surface area contributed by atoms with E-state index in [0.717, 1.165) is 20.8 Å². The highest BCUT2D eigenvalue weighted by molar-refractivity contribution is 7.92. The molecule has 0 radical (unpaired) electrons. The molecule has 0 aliphatic rings. The van der Waals surface area contributed by atoms with E-state index in [2.05, 4.69) is 14.7 Å². The van der Waals surface area contributed by atoms with Crippen molar-refractivity contribution in [3.05, 3.63) is 59.5 Å². The van der Waals surface area contributed by atoms with Gasteiger partial charge in [0.2, 0.25) is 0 Å². The highest BCUT2D eigenvalue weighted by Crippen LogP contribution is 2.32. The number of benzene rings is 2. The van der Waals surface area contributed by atoms with Crippen LogP contribution < -0.4 is 4.72 Å².